The standard InChI is InChI=1S/C8H13NO2/c1-8(2,3)4-6(10)7(11)5-9/h6,10H,4H2,1-3H3. The molecule has 0 aliphatic carbocycles. The van der Waals surface area contributed by atoms with Crippen molar-refractivity contribution >= 4 is 5.78 Å². The molecule has 0 saturated heterocycles. The van der Waals surface area contributed by atoms with Gasteiger partial charge in [0.25, 0.3) is 5.78 Å². The lowest BCUT2D eigenvalue weighted by Gasteiger charge is -2.19. The molecule has 0 radical (unpaired) electrons. The number of ketones is 1. The predicted molar refractivity (Wildman–Crippen MR) is 40.7 cm³/mol. The summed E-state index contributed by atoms with van der Waals surface area (Å²) in [6, 6.07) is 1.40. The summed E-state index contributed by atoms with van der Waals surface area (Å²) in [6.07, 6.45) is -0.792. The minimum absolute atomic E-state index is 0.119. The van der Waals surface area contributed by atoms with Gasteiger partial charge >= 0.3 is 0 Å². The van der Waals surface area contributed by atoms with Crippen LogP contribution in [0, 0.1) is 16.7 Å². The van der Waals surface area contributed by atoms with E-state index < -0.39 is 11.9 Å². The molecule has 11 heavy (non-hydrogen) atoms. The van der Waals surface area contributed by atoms with Crippen molar-refractivity contribution < 1.29 is 9.90 Å². The van der Waals surface area contributed by atoms with Gasteiger partial charge in [-0.1, -0.05) is 20.8 Å². The number of carbonyl (C=O) groups is 1. The Labute approximate surface area is 66.6 Å². The summed E-state index contributed by atoms with van der Waals surface area (Å²) in [5, 5.41) is 17.2. The van der Waals surface area contributed by atoms with Crippen LogP contribution in [0.4, 0.5) is 0 Å². The second-order valence-corrected chi connectivity index (χ2v) is 3.76. The molecule has 0 aliphatic heterocycles. The molecule has 0 aliphatic rings. The number of carbonyl (C=O) groups excluding carboxylic acids is 1. The monoisotopic (exact) mass is 155 g/mol. The fraction of sp³-hybridized carbons (Fsp3) is 0.750. The molecule has 0 heterocycles. The molecule has 62 valence electrons. The van der Waals surface area contributed by atoms with Gasteiger partial charge in [-0.15, -0.1) is 0 Å². The molecule has 3 nitrogen and oxygen atoms in total. The SMILES string of the molecule is CC(C)(C)CC(O)C(=O)C#N. The van der Waals surface area contributed by atoms with Crippen LogP contribution in [0.25, 0.3) is 0 Å². The van der Waals surface area contributed by atoms with Crippen LogP contribution in [-0.4, -0.2) is 17.0 Å². The predicted octanol–water partition coefficient (Wildman–Crippen LogP) is 0.876. The summed E-state index contributed by atoms with van der Waals surface area (Å²) in [5.41, 5.74) is -0.119. The Bertz CT molecular complexity index is 185. The molecular weight excluding hydrogens is 142 g/mol. The smallest absolute Gasteiger partial charge is 0.260 e. The molecule has 0 aromatic rings. The lowest BCUT2D eigenvalue weighted by molar-refractivity contribution is -0.122. The van der Waals surface area contributed by atoms with Gasteiger partial charge in [0.2, 0.25) is 0 Å². The molecule has 0 spiro atoms. The number of hydrogen-bond acceptors (Lipinski definition) is 3. The molecule has 1 unspecified atom stereocenters. The van der Waals surface area contributed by atoms with E-state index in [1.807, 2.05) is 20.8 Å². The Hall–Kier alpha value is -0.880. The number of Topliss-reactive ketones (excluding diaryl/α,β-unsaturated/α-hetero) is 1. The normalized spacial score (nSPS) is 13.7. The van der Waals surface area contributed by atoms with E-state index in [0.29, 0.717) is 6.42 Å². The average molecular weight is 155 g/mol. The first-order valence-corrected chi connectivity index (χ1v) is 3.49. The van der Waals surface area contributed by atoms with Crippen LogP contribution < -0.4 is 0 Å². The summed E-state index contributed by atoms with van der Waals surface area (Å²) in [5.74, 6) is -0.750. The summed E-state index contributed by atoms with van der Waals surface area (Å²) in [4.78, 5) is 10.6. The zero-order valence-electron chi connectivity index (χ0n) is 7.09. The fourth-order valence-electron chi connectivity index (χ4n) is 0.747. The number of aliphatic hydroxyl groups excluding tert-OH is 1. The minimum Gasteiger partial charge on any atom is -0.384 e. The van der Waals surface area contributed by atoms with Crippen molar-refractivity contribution in [2.75, 3.05) is 0 Å². The molecule has 0 bridgehead atoms. The highest BCUT2D eigenvalue weighted by Gasteiger charge is 2.21. The van der Waals surface area contributed by atoms with Gasteiger partial charge in [-0.05, 0) is 11.8 Å². The molecule has 0 fully saturated rings. The largest absolute Gasteiger partial charge is 0.384 e. The number of nitriles is 1. The number of rotatable bonds is 2. The van der Waals surface area contributed by atoms with E-state index in [9.17, 15) is 4.79 Å². The maximum atomic E-state index is 10.6. The summed E-state index contributed by atoms with van der Waals surface area (Å²) in [6.45, 7) is 5.71. The van der Waals surface area contributed by atoms with E-state index in [1.54, 1.807) is 0 Å². The Morgan fingerprint density at radius 1 is 1.64 bits per heavy atom. The first-order valence-electron chi connectivity index (χ1n) is 3.49. The van der Waals surface area contributed by atoms with Crippen LogP contribution in [0.3, 0.4) is 0 Å². The van der Waals surface area contributed by atoms with Crippen LogP contribution in [0.1, 0.15) is 27.2 Å². The van der Waals surface area contributed by atoms with Crippen molar-refractivity contribution in [2.24, 2.45) is 5.41 Å². The van der Waals surface area contributed by atoms with Crippen molar-refractivity contribution in [1.29, 1.82) is 5.26 Å². The molecule has 0 rings (SSSR count). The summed E-state index contributed by atoms with van der Waals surface area (Å²) in [7, 11) is 0. The van der Waals surface area contributed by atoms with Gasteiger partial charge in [0.1, 0.15) is 12.2 Å². The minimum atomic E-state index is -1.13. The third-order valence-corrected chi connectivity index (χ3v) is 1.22. The Morgan fingerprint density at radius 2 is 2.09 bits per heavy atom. The van der Waals surface area contributed by atoms with Gasteiger partial charge in [-0.25, -0.2) is 0 Å². The average Bonchev–Trinajstić information content (AvgIpc) is 1.82. The van der Waals surface area contributed by atoms with Crippen molar-refractivity contribution in [1.82, 2.24) is 0 Å². The van der Waals surface area contributed by atoms with Gasteiger partial charge in [0.05, 0.1) is 0 Å². The number of hydrogen-bond donors (Lipinski definition) is 1. The van der Waals surface area contributed by atoms with Crippen LogP contribution in [0.2, 0.25) is 0 Å². The van der Waals surface area contributed by atoms with Gasteiger partial charge in [0, 0.05) is 0 Å². The third-order valence-electron chi connectivity index (χ3n) is 1.22. The van der Waals surface area contributed by atoms with Crippen molar-refractivity contribution in [3.63, 3.8) is 0 Å². The Balaban J connectivity index is 4.00. The fourth-order valence-corrected chi connectivity index (χ4v) is 0.747. The molecular formula is C8H13NO2. The first-order chi connectivity index (χ1) is 4.87. The maximum Gasteiger partial charge on any atom is 0.260 e. The molecule has 0 amide bonds. The molecule has 0 aromatic heterocycles. The van der Waals surface area contributed by atoms with E-state index in [2.05, 4.69) is 0 Å². The van der Waals surface area contributed by atoms with E-state index in [0.717, 1.165) is 0 Å². The Morgan fingerprint density at radius 3 is 2.36 bits per heavy atom. The van der Waals surface area contributed by atoms with Crippen LogP contribution >= 0.6 is 0 Å². The van der Waals surface area contributed by atoms with Crippen LogP contribution in [0.15, 0.2) is 0 Å². The second-order valence-electron chi connectivity index (χ2n) is 3.76. The van der Waals surface area contributed by atoms with E-state index in [-0.39, 0.29) is 5.41 Å². The molecule has 1 N–H and O–H groups in total. The quantitative estimate of drug-likeness (QED) is 0.602. The highest BCUT2D eigenvalue weighted by molar-refractivity contribution is 5.96. The van der Waals surface area contributed by atoms with Crippen molar-refractivity contribution in [3.05, 3.63) is 0 Å². The lowest BCUT2D eigenvalue weighted by atomic mass is 9.88. The van der Waals surface area contributed by atoms with Crippen LogP contribution in [-0.2, 0) is 4.79 Å². The molecule has 0 saturated carbocycles. The number of aliphatic hydroxyl groups is 1. The van der Waals surface area contributed by atoms with Crippen molar-refractivity contribution in [2.45, 2.75) is 33.3 Å². The highest BCUT2D eigenvalue weighted by Crippen LogP contribution is 2.20. The Kier molecular flexibility index (Phi) is 3.21. The summed E-state index contributed by atoms with van der Waals surface area (Å²) >= 11 is 0. The third kappa shape index (κ3) is 4.51. The topological polar surface area (TPSA) is 61.1 Å². The van der Waals surface area contributed by atoms with E-state index >= 15 is 0 Å². The summed E-state index contributed by atoms with van der Waals surface area (Å²) < 4.78 is 0. The van der Waals surface area contributed by atoms with Crippen molar-refractivity contribution in [3.8, 4) is 6.07 Å². The van der Waals surface area contributed by atoms with Crippen LogP contribution in [0.5, 0.6) is 0 Å². The van der Waals surface area contributed by atoms with E-state index in [4.69, 9.17) is 10.4 Å². The van der Waals surface area contributed by atoms with Gasteiger partial charge < -0.3 is 5.11 Å². The van der Waals surface area contributed by atoms with E-state index in [1.165, 1.54) is 6.07 Å². The highest BCUT2D eigenvalue weighted by atomic mass is 16.3. The molecule has 0 aromatic carbocycles. The second kappa shape index (κ2) is 3.49. The first kappa shape index (κ1) is 10.1. The zero-order chi connectivity index (χ0) is 9.07. The maximum absolute atomic E-state index is 10.6. The zero-order valence-corrected chi connectivity index (χ0v) is 7.09. The molecule has 1 atom stereocenters. The molecule has 3 heteroatoms. The van der Waals surface area contributed by atoms with Gasteiger partial charge in [-0.2, -0.15) is 5.26 Å². The van der Waals surface area contributed by atoms with Gasteiger partial charge in [0.15, 0.2) is 0 Å². The number of nitrogens with zero attached hydrogens (tertiary/aromatic N) is 1. The lowest BCUT2D eigenvalue weighted by Crippen LogP contribution is -2.24. The van der Waals surface area contributed by atoms with Gasteiger partial charge in [-0.3, -0.25) is 4.79 Å².